The second-order valence-corrected chi connectivity index (χ2v) is 7.84. The van der Waals surface area contributed by atoms with Crippen LogP contribution in [-0.2, 0) is 10.0 Å². The first-order valence-electron chi connectivity index (χ1n) is 8.71. The Hall–Kier alpha value is -2.61. The maximum Gasteiger partial charge on any atom is 0.241 e. The molecule has 0 fully saturated rings. The molecule has 1 atom stereocenters. The van der Waals surface area contributed by atoms with Crippen LogP contribution in [0.1, 0.15) is 12.6 Å². The SMILES string of the molecule is CC(C=Cc1ccccn1)NCCNS(=O)(=O)c1cccc2cnccc12. The van der Waals surface area contributed by atoms with Crippen molar-refractivity contribution in [2.45, 2.75) is 17.9 Å². The largest absolute Gasteiger partial charge is 0.309 e. The zero-order valence-electron chi connectivity index (χ0n) is 15.0. The Morgan fingerprint density at radius 1 is 1.07 bits per heavy atom. The van der Waals surface area contributed by atoms with Gasteiger partial charge in [0, 0.05) is 48.5 Å². The van der Waals surface area contributed by atoms with Gasteiger partial charge in [0.05, 0.1) is 10.6 Å². The lowest BCUT2D eigenvalue weighted by Gasteiger charge is -2.12. The average molecular weight is 382 g/mol. The van der Waals surface area contributed by atoms with Crippen molar-refractivity contribution in [1.29, 1.82) is 0 Å². The van der Waals surface area contributed by atoms with Gasteiger partial charge in [0.15, 0.2) is 0 Å². The number of pyridine rings is 2. The van der Waals surface area contributed by atoms with E-state index in [4.69, 9.17) is 0 Å². The highest BCUT2D eigenvalue weighted by Crippen LogP contribution is 2.21. The van der Waals surface area contributed by atoms with Crippen molar-refractivity contribution in [3.63, 3.8) is 0 Å². The highest BCUT2D eigenvalue weighted by atomic mass is 32.2. The highest BCUT2D eigenvalue weighted by Gasteiger charge is 2.16. The summed E-state index contributed by atoms with van der Waals surface area (Å²) < 4.78 is 27.9. The van der Waals surface area contributed by atoms with Crippen LogP contribution < -0.4 is 10.0 Å². The summed E-state index contributed by atoms with van der Waals surface area (Å²) in [7, 11) is -3.59. The molecule has 0 aliphatic rings. The van der Waals surface area contributed by atoms with Crippen molar-refractivity contribution in [1.82, 2.24) is 20.0 Å². The van der Waals surface area contributed by atoms with Gasteiger partial charge in [-0.2, -0.15) is 0 Å². The van der Waals surface area contributed by atoms with E-state index in [1.807, 2.05) is 43.3 Å². The van der Waals surface area contributed by atoms with Crippen LogP contribution in [0.5, 0.6) is 0 Å². The quantitative estimate of drug-likeness (QED) is 0.585. The Labute approximate surface area is 159 Å². The molecule has 1 aromatic carbocycles. The lowest BCUT2D eigenvalue weighted by atomic mass is 10.2. The first-order valence-corrected chi connectivity index (χ1v) is 10.2. The van der Waals surface area contributed by atoms with E-state index < -0.39 is 10.0 Å². The minimum atomic E-state index is -3.59. The number of rotatable bonds is 8. The van der Waals surface area contributed by atoms with Crippen LogP contribution in [-0.4, -0.2) is 37.5 Å². The third-order valence-corrected chi connectivity index (χ3v) is 5.58. The molecule has 0 saturated heterocycles. The van der Waals surface area contributed by atoms with Crippen molar-refractivity contribution in [2.24, 2.45) is 0 Å². The predicted octanol–water partition coefficient (Wildman–Crippen LogP) is 2.60. The van der Waals surface area contributed by atoms with Crippen LogP contribution in [0.3, 0.4) is 0 Å². The summed E-state index contributed by atoms with van der Waals surface area (Å²) >= 11 is 0. The normalized spacial score (nSPS) is 13.2. The third-order valence-electron chi connectivity index (χ3n) is 4.06. The van der Waals surface area contributed by atoms with E-state index in [1.165, 1.54) is 0 Å². The van der Waals surface area contributed by atoms with Gasteiger partial charge in [0.2, 0.25) is 10.0 Å². The summed E-state index contributed by atoms with van der Waals surface area (Å²) in [5, 5.41) is 4.73. The second-order valence-electron chi connectivity index (χ2n) is 6.11. The molecule has 27 heavy (non-hydrogen) atoms. The monoisotopic (exact) mass is 382 g/mol. The Balaban J connectivity index is 1.54. The molecule has 0 spiro atoms. The number of hydrogen-bond donors (Lipinski definition) is 2. The number of nitrogens with one attached hydrogen (secondary N) is 2. The third kappa shape index (κ3) is 5.19. The van der Waals surface area contributed by atoms with E-state index in [2.05, 4.69) is 20.0 Å². The summed E-state index contributed by atoms with van der Waals surface area (Å²) in [4.78, 5) is 8.53. The predicted molar refractivity (Wildman–Crippen MR) is 108 cm³/mol. The van der Waals surface area contributed by atoms with Crippen LogP contribution >= 0.6 is 0 Å². The molecule has 0 amide bonds. The second kappa shape index (κ2) is 8.85. The molecule has 1 unspecified atom stereocenters. The smallest absolute Gasteiger partial charge is 0.241 e. The number of aromatic nitrogens is 2. The van der Waals surface area contributed by atoms with E-state index >= 15 is 0 Å². The van der Waals surface area contributed by atoms with Gasteiger partial charge in [-0.3, -0.25) is 9.97 Å². The van der Waals surface area contributed by atoms with E-state index in [0.717, 1.165) is 11.1 Å². The van der Waals surface area contributed by atoms with Crippen molar-refractivity contribution in [3.05, 3.63) is 72.8 Å². The molecule has 2 aromatic heterocycles. The number of hydrogen-bond acceptors (Lipinski definition) is 5. The molecule has 0 saturated carbocycles. The average Bonchev–Trinajstić information content (AvgIpc) is 2.70. The standard InChI is InChI=1S/C20H22N4O2S/c1-16(8-9-18-6-2-3-11-23-18)22-13-14-24-27(25,26)20-7-4-5-17-15-21-12-10-19(17)20/h2-12,15-16,22,24H,13-14H2,1H3. The fraction of sp³-hybridized carbons (Fsp3) is 0.200. The lowest BCUT2D eigenvalue weighted by Crippen LogP contribution is -2.35. The molecule has 2 heterocycles. The van der Waals surface area contributed by atoms with Crippen LogP contribution in [0.25, 0.3) is 16.8 Å². The van der Waals surface area contributed by atoms with Crippen LogP contribution in [0, 0.1) is 0 Å². The van der Waals surface area contributed by atoms with Gasteiger partial charge >= 0.3 is 0 Å². The van der Waals surface area contributed by atoms with Gasteiger partial charge in [-0.1, -0.05) is 24.3 Å². The van der Waals surface area contributed by atoms with Gasteiger partial charge < -0.3 is 5.32 Å². The first kappa shape index (κ1) is 19.2. The first-order chi connectivity index (χ1) is 13.1. The Bertz CT molecular complexity index is 1020. The fourth-order valence-corrected chi connectivity index (χ4v) is 3.94. The lowest BCUT2D eigenvalue weighted by molar-refractivity contribution is 0.571. The zero-order valence-corrected chi connectivity index (χ0v) is 15.9. The summed E-state index contributed by atoms with van der Waals surface area (Å²) in [6, 6.07) is 12.7. The fourth-order valence-electron chi connectivity index (χ4n) is 2.68. The number of nitrogens with zero attached hydrogens (tertiary/aromatic N) is 2. The number of sulfonamides is 1. The molecule has 0 bridgehead atoms. The van der Waals surface area contributed by atoms with Crippen LogP contribution in [0.15, 0.2) is 72.0 Å². The Morgan fingerprint density at radius 2 is 1.96 bits per heavy atom. The molecule has 0 aliphatic heterocycles. The van der Waals surface area contributed by atoms with Gasteiger partial charge in [-0.05, 0) is 37.3 Å². The molecule has 6 nitrogen and oxygen atoms in total. The molecule has 140 valence electrons. The minimum absolute atomic E-state index is 0.0974. The van der Waals surface area contributed by atoms with Crippen molar-refractivity contribution in [3.8, 4) is 0 Å². The molecule has 2 N–H and O–H groups in total. The van der Waals surface area contributed by atoms with E-state index in [1.54, 1.807) is 36.8 Å². The Morgan fingerprint density at radius 3 is 2.78 bits per heavy atom. The minimum Gasteiger partial charge on any atom is -0.309 e. The molecule has 0 radical (unpaired) electrons. The highest BCUT2D eigenvalue weighted by molar-refractivity contribution is 7.89. The van der Waals surface area contributed by atoms with Crippen molar-refractivity contribution in [2.75, 3.05) is 13.1 Å². The Kier molecular flexibility index (Phi) is 6.28. The molecule has 3 rings (SSSR count). The van der Waals surface area contributed by atoms with Crippen LogP contribution in [0.4, 0.5) is 0 Å². The molecule has 3 aromatic rings. The molecule has 0 aliphatic carbocycles. The molecule has 7 heteroatoms. The summed E-state index contributed by atoms with van der Waals surface area (Å²) in [6.07, 6.45) is 8.93. The van der Waals surface area contributed by atoms with E-state index in [-0.39, 0.29) is 10.9 Å². The molecular formula is C20H22N4O2S. The summed E-state index contributed by atoms with van der Waals surface area (Å²) in [5.41, 5.74) is 0.886. The summed E-state index contributed by atoms with van der Waals surface area (Å²) in [6.45, 7) is 2.82. The van der Waals surface area contributed by atoms with E-state index in [9.17, 15) is 8.42 Å². The summed E-state index contributed by atoms with van der Waals surface area (Å²) in [5.74, 6) is 0. The van der Waals surface area contributed by atoms with Crippen molar-refractivity contribution < 1.29 is 8.42 Å². The maximum atomic E-state index is 12.6. The zero-order chi connectivity index (χ0) is 19.1. The van der Waals surface area contributed by atoms with Gasteiger partial charge in [-0.25, -0.2) is 13.1 Å². The van der Waals surface area contributed by atoms with Crippen molar-refractivity contribution >= 4 is 26.9 Å². The van der Waals surface area contributed by atoms with Gasteiger partial charge in [-0.15, -0.1) is 0 Å². The number of benzene rings is 1. The van der Waals surface area contributed by atoms with E-state index in [0.29, 0.717) is 18.5 Å². The van der Waals surface area contributed by atoms with Gasteiger partial charge in [0.1, 0.15) is 0 Å². The maximum absolute atomic E-state index is 12.6. The molecular weight excluding hydrogens is 360 g/mol. The van der Waals surface area contributed by atoms with Crippen LogP contribution in [0.2, 0.25) is 0 Å². The topological polar surface area (TPSA) is 84.0 Å². The van der Waals surface area contributed by atoms with Gasteiger partial charge in [0.25, 0.3) is 0 Å². The number of fused-ring (bicyclic) bond motifs is 1.